The Bertz CT molecular complexity index is 850. The molecule has 0 saturated heterocycles. The molecule has 0 fully saturated rings. The van der Waals surface area contributed by atoms with E-state index in [9.17, 15) is 5.11 Å². The van der Waals surface area contributed by atoms with Crippen molar-refractivity contribution in [2.24, 2.45) is 0 Å². The Kier molecular flexibility index (Phi) is 4.24. The molecule has 0 saturated carbocycles. The number of benzene rings is 2. The second kappa shape index (κ2) is 6.69. The number of nitrogens with zero attached hydrogens (tertiary/aromatic N) is 3. The fourth-order valence-corrected chi connectivity index (χ4v) is 3.58. The van der Waals surface area contributed by atoms with E-state index in [2.05, 4.69) is 45.5 Å². The van der Waals surface area contributed by atoms with Crippen molar-refractivity contribution in [1.29, 1.82) is 0 Å². The van der Waals surface area contributed by atoms with E-state index in [1.165, 1.54) is 11.1 Å². The molecule has 0 spiro atoms. The van der Waals surface area contributed by atoms with Gasteiger partial charge in [-0.25, -0.2) is 4.63 Å². The highest BCUT2D eigenvalue weighted by Gasteiger charge is 2.28. The zero-order chi connectivity index (χ0) is 17.2. The van der Waals surface area contributed by atoms with E-state index < -0.39 is 0 Å². The van der Waals surface area contributed by atoms with E-state index in [1.807, 2.05) is 25.1 Å². The number of hydrogen-bond acceptors (Lipinski definition) is 5. The minimum atomic E-state index is 0.0388. The minimum Gasteiger partial charge on any atom is -0.392 e. The molecule has 0 amide bonds. The average molecular weight is 335 g/mol. The number of aryl methyl sites for hydroxylation is 1. The van der Waals surface area contributed by atoms with Crippen LogP contribution in [0.15, 0.2) is 53.2 Å². The monoisotopic (exact) mass is 335 g/mol. The molecule has 5 nitrogen and oxygen atoms in total. The van der Waals surface area contributed by atoms with Crippen LogP contribution in [0.25, 0.3) is 0 Å². The van der Waals surface area contributed by atoms with Gasteiger partial charge in [0.1, 0.15) is 11.4 Å². The van der Waals surface area contributed by atoms with Crippen LogP contribution in [0.5, 0.6) is 0 Å². The number of rotatable bonds is 5. The fraction of sp³-hybridized carbons (Fsp3) is 0.300. The number of anilines is 1. The first kappa shape index (κ1) is 15.8. The van der Waals surface area contributed by atoms with Crippen LogP contribution in [-0.4, -0.2) is 21.5 Å². The summed E-state index contributed by atoms with van der Waals surface area (Å²) in [6.45, 7) is 2.59. The van der Waals surface area contributed by atoms with Gasteiger partial charge in [-0.2, -0.15) is 0 Å². The van der Waals surface area contributed by atoms with Gasteiger partial charge >= 0.3 is 0 Å². The molecule has 25 heavy (non-hydrogen) atoms. The summed E-state index contributed by atoms with van der Waals surface area (Å²) in [4.78, 5) is 2.35. The minimum absolute atomic E-state index is 0.0388. The molecule has 1 aromatic heterocycles. The molecule has 0 radical (unpaired) electrons. The summed E-state index contributed by atoms with van der Waals surface area (Å²) in [7, 11) is 0. The van der Waals surface area contributed by atoms with Crippen molar-refractivity contribution < 1.29 is 9.74 Å². The number of aromatic nitrogens is 2. The molecule has 0 aliphatic heterocycles. The van der Waals surface area contributed by atoms with Crippen molar-refractivity contribution >= 4 is 5.69 Å². The van der Waals surface area contributed by atoms with Crippen molar-refractivity contribution in [3.05, 3.63) is 76.6 Å². The summed E-state index contributed by atoms with van der Waals surface area (Å²) in [5.41, 5.74) is 6.49. The molecule has 0 unspecified atom stereocenters. The van der Waals surface area contributed by atoms with Gasteiger partial charge < -0.3 is 10.0 Å². The third kappa shape index (κ3) is 3.15. The lowest BCUT2D eigenvalue weighted by molar-refractivity contribution is 0.282. The van der Waals surface area contributed by atoms with Crippen LogP contribution >= 0.6 is 0 Å². The highest BCUT2D eigenvalue weighted by molar-refractivity contribution is 5.52. The normalized spacial score (nSPS) is 13.8. The van der Waals surface area contributed by atoms with Crippen LogP contribution in [0.2, 0.25) is 0 Å². The van der Waals surface area contributed by atoms with E-state index in [0.29, 0.717) is 12.6 Å². The second-order valence-electron chi connectivity index (χ2n) is 6.58. The Balaban J connectivity index is 1.68. The van der Waals surface area contributed by atoms with Gasteiger partial charge in [0.05, 0.1) is 13.2 Å². The van der Waals surface area contributed by atoms with Gasteiger partial charge in [0.2, 0.25) is 0 Å². The Morgan fingerprint density at radius 3 is 2.48 bits per heavy atom. The predicted octanol–water partition coefficient (Wildman–Crippen LogP) is 3.04. The lowest BCUT2D eigenvalue weighted by Crippen LogP contribution is -2.36. The maximum atomic E-state index is 9.50. The van der Waals surface area contributed by atoms with Gasteiger partial charge in [-0.15, -0.1) is 0 Å². The largest absolute Gasteiger partial charge is 0.392 e. The van der Waals surface area contributed by atoms with Crippen molar-refractivity contribution in [3.8, 4) is 0 Å². The SMILES string of the molecule is Cc1nonc1CN(c1cccc(CO)c1)C1Cc2ccccc2C1. The highest BCUT2D eigenvalue weighted by Crippen LogP contribution is 2.30. The van der Waals surface area contributed by atoms with Gasteiger partial charge in [0.15, 0.2) is 0 Å². The molecular formula is C20H21N3O2. The molecule has 1 aliphatic rings. The number of aliphatic hydroxyl groups is 1. The molecule has 128 valence electrons. The van der Waals surface area contributed by atoms with Crippen molar-refractivity contribution in [1.82, 2.24) is 10.3 Å². The summed E-state index contributed by atoms with van der Waals surface area (Å²) in [5, 5.41) is 17.5. The van der Waals surface area contributed by atoms with Gasteiger partial charge in [-0.3, -0.25) is 0 Å². The van der Waals surface area contributed by atoms with Crippen molar-refractivity contribution in [2.45, 2.75) is 39.0 Å². The summed E-state index contributed by atoms with van der Waals surface area (Å²) >= 11 is 0. The topological polar surface area (TPSA) is 62.4 Å². The zero-order valence-electron chi connectivity index (χ0n) is 14.2. The van der Waals surface area contributed by atoms with E-state index in [4.69, 9.17) is 4.63 Å². The zero-order valence-corrected chi connectivity index (χ0v) is 14.2. The molecule has 1 heterocycles. The highest BCUT2D eigenvalue weighted by atomic mass is 16.6. The van der Waals surface area contributed by atoms with Crippen LogP contribution < -0.4 is 4.90 Å². The van der Waals surface area contributed by atoms with E-state index in [1.54, 1.807) is 0 Å². The summed E-state index contributed by atoms with van der Waals surface area (Å²) in [5.74, 6) is 0. The average Bonchev–Trinajstić information content (AvgIpc) is 3.25. The molecule has 5 heteroatoms. The summed E-state index contributed by atoms with van der Waals surface area (Å²) < 4.78 is 4.88. The molecule has 3 aromatic rings. The first-order chi connectivity index (χ1) is 12.2. The first-order valence-electron chi connectivity index (χ1n) is 8.56. The van der Waals surface area contributed by atoms with Gasteiger partial charge in [-0.1, -0.05) is 46.7 Å². The van der Waals surface area contributed by atoms with Gasteiger partial charge in [0.25, 0.3) is 0 Å². The molecule has 4 rings (SSSR count). The summed E-state index contributed by atoms with van der Waals surface area (Å²) in [6.07, 6.45) is 2.01. The Morgan fingerprint density at radius 2 is 1.84 bits per heavy atom. The molecule has 1 N–H and O–H groups in total. The van der Waals surface area contributed by atoms with Crippen LogP contribution in [-0.2, 0) is 26.0 Å². The van der Waals surface area contributed by atoms with Crippen LogP contribution in [0.4, 0.5) is 5.69 Å². The quantitative estimate of drug-likeness (QED) is 0.776. The van der Waals surface area contributed by atoms with E-state index in [0.717, 1.165) is 35.5 Å². The number of hydrogen-bond donors (Lipinski definition) is 1. The predicted molar refractivity (Wildman–Crippen MR) is 95.2 cm³/mol. The summed E-state index contributed by atoms with van der Waals surface area (Å²) in [6, 6.07) is 17.0. The van der Waals surface area contributed by atoms with Crippen molar-refractivity contribution in [3.63, 3.8) is 0 Å². The Hall–Kier alpha value is -2.66. The molecule has 0 bridgehead atoms. The maximum Gasteiger partial charge on any atom is 0.127 e. The van der Waals surface area contributed by atoms with Crippen LogP contribution in [0.1, 0.15) is 28.1 Å². The molecular weight excluding hydrogens is 314 g/mol. The number of fused-ring (bicyclic) bond motifs is 1. The van der Waals surface area contributed by atoms with Gasteiger partial charge in [-0.05, 0) is 48.6 Å². The third-order valence-electron chi connectivity index (χ3n) is 4.96. The van der Waals surface area contributed by atoms with E-state index in [-0.39, 0.29) is 6.61 Å². The smallest absolute Gasteiger partial charge is 0.127 e. The first-order valence-corrected chi connectivity index (χ1v) is 8.56. The van der Waals surface area contributed by atoms with Crippen LogP contribution in [0, 0.1) is 6.92 Å². The lowest BCUT2D eigenvalue weighted by Gasteiger charge is -2.31. The Morgan fingerprint density at radius 1 is 1.08 bits per heavy atom. The van der Waals surface area contributed by atoms with Gasteiger partial charge in [0, 0.05) is 11.7 Å². The lowest BCUT2D eigenvalue weighted by atomic mass is 10.1. The standard InChI is InChI=1S/C20H21N3O2/c1-14-20(22-25-21-14)12-23(18-8-4-5-15(9-18)13-24)19-10-16-6-2-3-7-17(16)11-19/h2-9,19,24H,10-13H2,1H3. The Labute approximate surface area is 146 Å². The number of aliphatic hydroxyl groups excluding tert-OH is 1. The second-order valence-corrected chi connectivity index (χ2v) is 6.58. The molecule has 1 aliphatic carbocycles. The van der Waals surface area contributed by atoms with E-state index >= 15 is 0 Å². The van der Waals surface area contributed by atoms with Crippen molar-refractivity contribution in [2.75, 3.05) is 4.90 Å². The molecule has 2 aromatic carbocycles. The molecule has 0 atom stereocenters. The maximum absolute atomic E-state index is 9.50. The van der Waals surface area contributed by atoms with Crippen LogP contribution in [0.3, 0.4) is 0 Å². The third-order valence-corrected chi connectivity index (χ3v) is 4.96. The fourth-order valence-electron chi connectivity index (χ4n) is 3.58.